The van der Waals surface area contributed by atoms with Gasteiger partial charge in [-0.15, -0.1) is 0 Å². The Hall–Kier alpha value is -2.00. The molecule has 1 aliphatic heterocycles. The molecule has 2 aromatic carbocycles. The molecule has 0 aliphatic carbocycles. The van der Waals surface area contributed by atoms with Crippen LogP contribution in [-0.2, 0) is 13.1 Å². The van der Waals surface area contributed by atoms with Crippen molar-refractivity contribution in [2.75, 3.05) is 0 Å². The highest BCUT2D eigenvalue weighted by atomic mass is 35.5. The standard InChI is InChI=1S/C15H12ClNO2/c16-13-3-1-2-11-9-17(15(19)14(11)13)8-10-4-6-12(18)7-5-10/h1-7,18H,8-9H2. The zero-order chi connectivity index (χ0) is 13.4. The fourth-order valence-corrected chi connectivity index (χ4v) is 2.60. The number of benzene rings is 2. The average Bonchev–Trinajstić information content (AvgIpc) is 2.71. The number of phenols is 1. The van der Waals surface area contributed by atoms with E-state index in [4.69, 9.17) is 11.6 Å². The molecule has 0 aromatic heterocycles. The van der Waals surface area contributed by atoms with Crippen LogP contribution in [0.15, 0.2) is 42.5 Å². The van der Waals surface area contributed by atoms with Crippen LogP contribution in [-0.4, -0.2) is 15.9 Å². The Morgan fingerprint density at radius 3 is 2.58 bits per heavy atom. The van der Waals surface area contributed by atoms with Crippen molar-refractivity contribution in [1.82, 2.24) is 4.90 Å². The van der Waals surface area contributed by atoms with E-state index in [-0.39, 0.29) is 11.7 Å². The van der Waals surface area contributed by atoms with Gasteiger partial charge in [-0.1, -0.05) is 35.9 Å². The first kappa shape index (κ1) is 12.1. The lowest BCUT2D eigenvalue weighted by molar-refractivity contribution is 0.0767. The summed E-state index contributed by atoms with van der Waals surface area (Å²) in [4.78, 5) is 14.0. The van der Waals surface area contributed by atoms with E-state index in [1.807, 2.05) is 24.3 Å². The van der Waals surface area contributed by atoms with Crippen LogP contribution in [0.4, 0.5) is 0 Å². The summed E-state index contributed by atoms with van der Waals surface area (Å²) < 4.78 is 0. The van der Waals surface area contributed by atoms with Gasteiger partial charge in [0.15, 0.2) is 0 Å². The molecule has 0 fully saturated rings. The van der Waals surface area contributed by atoms with Crippen LogP contribution in [0.3, 0.4) is 0 Å². The van der Waals surface area contributed by atoms with Gasteiger partial charge in [0.2, 0.25) is 0 Å². The highest BCUT2D eigenvalue weighted by Gasteiger charge is 2.29. The number of phenolic OH excluding ortho intramolecular Hbond substituents is 1. The summed E-state index contributed by atoms with van der Waals surface area (Å²) in [5.41, 5.74) is 2.56. The fraction of sp³-hybridized carbons (Fsp3) is 0.133. The van der Waals surface area contributed by atoms with E-state index in [0.29, 0.717) is 23.7 Å². The van der Waals surface area contributed by atoms with Crippen molar-refractivity contribution >= 4 is 17.5 Å². The van der Waals surface area contributed by atoms with E-state index in [0.717, 1.165) is 11.1 Å². The normalized spacial score (nSPS) is 13.7. The zero-order valence-corrected chi connectivity index (χ0v) is 10.9. The smallest absolute Gasteiger partial charge is 0.256 e. The highest BCUT2D eigenvalue weighted by Crippen LogP contribution is 2.30. The minimum atomic E-state index is -0.0336. The maximum atomic E-state index is 12.3. The van der Waals surface area contributed by atoms with Gasteiger partial charge in [-0.25, -0.2) is 0 Å². The van der Waals surface area contributed by atoms with Crippen molar-refractivity contribution in [3.05, 3.63) is 64.2 Å². The minimum absolute atomic E-state index is 0.0336. The topological polar surface area (TPSA) is 40.5 Å². The van der Waals surface area contributed by atoms with Crippen molar-refractivity contribution < 1.29 is 9.90 Å². The molecule has 96 valence electrons. The van der Waals surface area contributed by atoms with Gasteiger partial charge in [0.1, 0.15) is 5.75 Å². The molecular formula is C15H12ClNO2. The third-order valence-corrected chi connectivity index (χ3v) is 3.59. The lowest BCUT2D eigenvalue weighted by Crippen LogP contribution is -2.23. The van der Waals surface area contributed by atoms with Gasteiger partial charge in [0.05, 0.1) is 10.6 Å². The van der Waals surface area contributed by atoms with Crippen molar-refractivity contribution in [2.24, 2.45) is 0 Å². The number of halogens is 1. The first-order valence-corrected chi connectivity index (χ1v) is 6.37. The third-order valence-electron chi connectivity index (χ3n) is 3.27. The zero-order valence-electron chi connectivity index (χ0n) is 10.1. The van der Waals surface area contributed by atoms with Crippen LogP contribution >= 0.6 is 11.6 Å². The summed E-state index contributed by atoms with van der Waals surface area (Å²) in [6.07, 6.45) is 0. The number of nitrogens with zero attached hydrogens (tertiary/aromatic N) is 1. The molecule has 0 unspecified atom stereocenters. The van der Waals surface area contributed by atoms with Gasteiger partial charge >= 0.3 is 0 Å². The number of aromatic hydroxyl groups is 1. The lowest BCUT2D eigenvalue weighted by atomic mass is 10.1. The quantitative estimate of drug-likeness (QED) is 0.913. The molecule has 4 heteroatoms. The average molecular weight is 274 g/mol. The molecule has 1 heterocycles. The number of carbonyl (C=O) groups is 1. The second kappa shape index (κ2) is 4.59. The number of amides is 1. The molecule has 3 rings (SSSR count). The van der Waals surface area contributed by atoms with Crippen LogP contribution in [0.1, 0.15) is 21.5 Å². The Bertz CT molecular complexity index is 637. The van der Waals surface area contributed by atoms with Crippen LogP contribution in [0.25, 0.3) is 0 Å². The van der Waals surface area contributed by atoms with Crippen LogP contribution in [0.2, 0.25) is 5.02 Å². The maximum Gasteiger partial charge on any atom is 0.256 e. The number of rotatable bonds is 2. The second-order valence-corrected chi connectivity index (χ2v) is 5.01. The molecule has 0 spiro atoms. The Morgan fingerprint density at radius 2 is 1.89 bits per heavy atom. The molecule has 19 heavy (non-hydrogen) atoms. The van der Waals surface area contributed by atoms with Gasteiger partial charge < -0.3 is 10.0 Å². The van der Waals surface area contributed by atoms with Crippen molar-refractivity contribution in [1.29, 1.82) is 0 Å². The van der Waals surface area contributed by atoms with Crippen molar-refractivity contribution in [3.63, 3.8) is 0 Å². The largest absolute Gasteiger partial charge is 0.508 e. The molecular weight excluding hydrogens is 262 g/mol. The summed E-state index contributed by atoms with van der Waals surface area (Å²) in [6.45, 7) is 1.10. The summed E-state index contributed by atoms with van der Waals surface area (Å²) in [5, 5.41) is 9.76. The summed E-state index contributed by atoms with van der Waals surface area (Å²) in [5.74, 6) is 0.191. The van der Waals surface area contributed by atoms with Gasteiger partial charge in [-0.2, -0.15) is 0 Å². The highest BCUT2D eigenvalue weighted by molar-refractivity contribution is 6.34. The lowest BCUT2D eigenvalue weighted by Gasteiger charge is -2.15. The van der Waals surface area contributed by atoms with Gasteiger partial charge in [0, 0.05) is 13.1 Å². The second-order valence-electron chi connectivity index (χ2n) is 4.60. The van der Waals surface area contributed by atoms with Gasteiger partial charge in [0.25, 0.3) is 5.91 Å². The molecule has 1 amide bonds. The summed E-state index contributed by atoms with van der Waals surface area (Å²) in [6, 6.07) is 12.4. The van der Waals surface area contributed by atoms with Crippen LogP contribution in [0, 0.1) is 0 Å². The third kappa shape index (κ3) is 2.17. The fourth-order valence-electron chi connectivity index (χ4n) is 2.33. The van der Waals surface area contributed by atoms with E-state index < -0.39 is 0 Å². The Labute approximate surface area is 116 Å². The van der Waals surface area contributed by atoms with Crippen LogP contribution < -0.4 is 0 Å². The Morgan fingerprint density at radius 1 is 1.16 bits per heavy atom. The molecule has 2 aromatic rings. The molecule has 0 atom stereocenters. The molecule has 0 saturated carbocycles. The number of fused-ring (bicyclic) bond motifs is 1. The molecule has 1 N–H and O–H groups in total. The molecule has 0 bridgehead atoms. The monoisotopic (exact) mass is 273 g/mol. The van der Waals surface area contributed by atoms with Gasteiger partial charge in [-0.05, 0) is 29.3 Å². The predicted molar refractivity (Wildman–Crippen MR) is 73.1 cm³/mol. The number of hydrogen-bond acceptors (Lipinski definition) is 2. The molecule has 3 nitrogen and oxygen atoms in total. The van der Waals surface area contributed by atoms with E-state index in [1.165, 1.54) is 0 Å². The number of carbonyl (C=O) groups excluding carboxylic acids is 1. The van der Waals surface area contributed by atoms with E-state index >= 15 is 0 Å². The predicted octanol–water partition coefficient (Wildman–Crippen LogP) is 3.20. The Kier molecular flexibility index (Phi) is 2.91. The van der Waals surface area contributed by atoms with Crippen LogP contribution in [0.5, 0.6) is 5.75 Å². The minimum Gasteiger partial charge on any atom is -0.508 e. The molecule has 0 radical (unpaired) electrons. The first-order valence-electron chi connectivity index (χ1n) is 6.00. The van der Waals surface area contributed by atoms with E-state index in [2.05, 4.69) is 0 Å². The van der Waals surface area contributed by atoms with Gasteiger partial charge in [-0.3, -0.25) is 4.79 Å². The van der Waals surface area contributed by atoms with Crippen molar-refractivity contribution in [3.8, 4) is 5.75 Å². The first-order chi connectivity index (χ1) is 9.15. The van der Waals surface area contributed by atoms with E-state index in [1.54, 1.807) is 23.1 Å². The number of hydrogen-bond donors (Lipinski definition) is 1. The summed E-state index contributed by atoms with van der Waals surface area (Å²) >= 11 is 6.07. The Balaban J connectivity index is 1.84. The SMILES string of the molecule is O=C1c2c(Cl)cccc2CN1Cc1ccc(O)cc1. The molecule has 0 saturated heterocycles. The molecule has 1 aliphatic rings. The summed E-state index contributed by atoms with van der Waals surface area (Å²) in [7, 11) is 0. The van der Waals surface area contributed by atoms with Crippen molar-refractivity contribution in [2.45, 2.75) is 13.1 Å². The van der Waals surface area contributed by atoms with E-state index in [9.17, 15) is 9.90 Å². The maximum absolute atomic E-state index is 12.3.